The fourth-order valence-corrected chi connectivity index (χ4v) is 2.70. The fraction of sp³-hybridized carbons (Fsp3) is 0.263. The maximum absolute atomic E-state index is 11.3. The molecule has 2 aromatic carbocycles. The van der Waals surface area contributed by atoms with Crippen LogP contribution in [-0.2, 0) is 9.53 Å². The van der Waals surface area contributed by atoms with Crippen LogP contribution >= 0.6 is 11.6 Å². The lowest BCUT2D eigenvalue weighted by molar-refractivity contribution is -0.143. The number of hydrogen-bond acceptors (Lipinski definition) is 4. The van der Waals surface area contributed by atoms with E-state index in [1.54, 1.807) is 6.92 Å². The van der Waals surface area contributed by atoms with Crippen LogP contribution in [0.15, 0.2) is 42.5 Å². The minimum Gasteiger partial charge on any atom is -0.494 e. The smallest absolute Gasteiger partial charge is 0.305 e. The van der Waals surface area contributed by atoms with Gasteiger partial charge in [-0.05, 0) is 49.7 Å². The van der Waals surface area contributed by atoms with Gasteiger partial charge in [0.15, 0.2) is 0 Å². The predicted molar refractivity (Wildman–Crippen MR) is 97.9 cm³/mol. The average Bonchev–Trinajstić information content (AvgIpc) is 3.05. The molecule has 0 aliphatic rings. The highest BCUT2D eigenvalue weighted by atomic mass is 35.5. The molecule has 0 radical (unpaired) electrons. The first-order valence-electron chi connectivity index (χ1n) is 8.20. The van der Waals surface area contributed by atoms with Gasteiger partial charge in [-0.15, -0.1) is 0 Å². The Labute approximate surface area is 150 Å². The number of esters is 1. The lowest BCUT2D eigenvalue weighted by Crippen LogP contribution is -2.06. The number of halogens is 1. The normalized spacial score (nSPS) is 10.8. The van der Waals surface area contributed by atoms with Crippen LogP contribution in [0, 0.1) is 0 Å². The number of H-pyrrole nitrogens is 1. The Morgan fingerprint density at radius 2 is 2.00 bits per heavy atom. The quantitative estimate of drug-likeness (QED) is 0.495. The van der Waals surface area contributed by atoms with Crippen molar-refractivity contribution >= 4 is 28.6 Å². The highest BCUT2D eigenvalue weighted by molar-refractivity contribution is 6.35. The van der Waals surface area contributed by atoms with Crippen molar-refractivity contribution in [2.75, 3.05) is 13.2 Å². The van der Waals surface area contributed by atoms with Crippen molar-refractivity contribution in [3.8, 4) is 17.1 Å². The Kier molecular flexibility index (Phi) is 5.56. The Morgan fingerprint density at radius 3 is 2.72 bits per heavy atom. The number of fused-ring (bicyclic) bond motifs is 1. The molecule has 0 spiro atoms. The number of carbonyl (C=O) groups is 1. The van der Waals surface area contributed by atoms with Gasteiger partial charge in [-0.1, -0.05) is 17.7 Å². The molecule has 1 aromatic heterocycles. The van der Waals surface area contributed by atoms with Crippen LogP contribution in [0.25, 0.3) is 22.4 Å². The summed E-state index contributed by atoms with van der Waals surface area (Å²) in [5.74, 6) is 1.32. The second-order valence-corrected chi connectivity index (χ2v) is 5.91. The number of nitrogens with zero attached hydrogens (tertiary/aromatic N) is 1. The highest BCUT2D eigenvalue weighted by Gasteiger charge is 2.08. The monoisotopic (exact) mass is 358 g/mol. The summed E-state index contributed by atoms with van der Waals surface area (Å²) in [6.07, 6.45) is 0.994. The summed E-state index contributed by atoms with van der Waals surface area (Å²) in [4.78, 5) is 19.1. The van der Waals surface area contributed by atoms with Gasteiger partial charge in [0.1, 0.15) is 17.1 Å². The molecule has 0 aliphatic heterocycles. The van der Waals surface area contributed by atoms with Gasteiger partial charge in [0.25, 0.3) is 0 Å². The third kappa shape index (κ3) is 4.31. The van der Waals surface area contributed by atoms with Gasteiger partial charge in [-0.3, -0.25) is 4.79 Å². The second-order valence-electron chi connectivity index (χ2n) is 5.50. The van der Waals surface area contributed by atoms with Gasteiger partial charge in [0.05, 0.1) is 23.8 Å². The molecule has 0 saturated heterocycles. The van der Waals surface area contributed by atoms with Gasteiger partial charge < -0.3 is 14.5 Å². The molecule has 0 fully saturated rings. The number of hydrogen-bond donors (Lipinski definition) is 1. The van der Waals surface area contributed by atoms with Crippen molar-refractivity contribution in [1.29, 1.82) is 0 Å². The number of aromatic nitrogens is 2. The van der Waals surface area contributed by atoms with Crippen LogP contribution in [-0.4, -0.2) is 29.2 Å². The molecule has 25 heavy (non-hydrogen) atoms. The Bertz CT molecular complexity index is 859. The van der Waals surface area contributed by atoms with Crippen molar-refractivity contribution in [3.05, 3.63) is 47.5 Å². The molecule has 0 unspecified atom stereocenters. The summed E-state index contributed by atoms with van der Waals surface area (Å²) in [5.41, 5.74) is 2.62. The van der Waals surface area contributed by atoms with E-state index in [2.05, 4.69) is 9.97 Å². The molecule has 3 rings (SSSR count). The summed E-state index contributed by atoms with van der Waals surface area (Å²) in [6, 6.07) is 13.3. The maximum atomic E-state index is 11.3. The zero-order chi connectivity index (χ0) is 17.6. The number of rotatable bonds is 7. The number of aromatic amines is 1. The van der Waals surface area contributed by atoms with Crippen LogP contribution in [0.1, 0.15) is 19.8 Å². The van der Waals surface area contributed by atoms with Crippen molar-refractivity contribution in [1.82, 2.24) is 9.97 Å². The van der Waals surface area contributed by atoms with E-state index in [1.165, 1.54) is 0 Å². The molecule has 130 valence electrons. The lowest BCUT2D eigenvalue weighted by Gasteiger charge is -2.06. The molecule has 6 heteroatoms. The first-order chi connectivity index (χ1) is 12.2. The molecule has 1 N–H and O–H groups in total. The average molecular weight is 359 g/mol. The third-order valence-corrected chi connectivity index (χ3v) is 4.00. The van der Waals surface area contributed by atoms with Crippen molar-refractivity contribution in [3.63, 3.8) is 0 Å². The predicted octanol–water partition coefficient (Wildman–Crippen LogP) is 4.61. The van der Waals surface area contributed by atoms with Crippen molar-refractivity contribution < 1.29 is 14.3 Å². The number of ether oxygens (including phenoxy) is 2. The standard InChI is InChI=1S/C19H19ClN2O3/c1-2-24-17(23)7-4-12-25-14-10-8-13(9-11-14)19-21-16-6-3-5-15(20)18(16)22-19/h3,5-6,8-11H,2,4,7,12H2,1H3,(H,21,22). The van der Waals surface area contributed by atoms with E-state index in [1.807, 2.05) is 42.5 Å². The zero-order valence-corrected chi connectivity index (χ0v) is 14.7. The van der Waals surface area contributed by atoms with Crippen LogP contribution in [0.5, 0.6) is 5.75 Å². The zero-order valence-electron chi connectivity index (χ0n) is 13.9. The van der Waals surface area contributed by atoms with Crippen LogP contribution in [0.2, 0.25) is 5.02 Å². The van der Waals surface area contributed by atoms with E-state index in [0.717, 1.165) is 28.2 Å². The molecular weight excluding hydrogens is 340 g/mol. The molecule has 0 amide bonds. The van der Waals surface area contributed by atoms with E-state index < -0.39 is 0 Å². The molecule has 0 bridgehead atoms. The number of nitrogens with one attached hydrogen (secondary N) is 1. The largest absolute Gasteiger partial charge is 0.494 e. The number of benzene rings is 2. The minimum atomic E-state index is -0.190. The molecule has 1 heterocycles. The lowest BCUT2D eigenvalue weighted by atomic mass is 10.2. The third-order valence-electron chi connectivity index (χ3n) is 3.69. The van der Waals surface area contributed by atoms with E-state index >= 15 is 0 Å². The molecule has 5 nitrogen and oxygen atoms in total. The number of imidazole rings is 1. The Morgan fingerprint density at radius 1 is 1.20 bits per heavy atom. The first-order valence-corrected chi connectivity index (χ1v) is 8.58. The molecule has 3 aromatic rings. The van der Waals surface area contributed by atoms with Crippen LogP contribution in [0.4, 0.5) is 0 Å². The van der Waals surface area contributed by atoms with Gasteiger partial charge in [0, 0.05) is 12.0 Å². The van der Waals surface area contributed by atoms with E-state index in [-0.39, 0.29) is 5.97 Å². The fourth-order valence-electron chi connectivity index (χ4n) is 2.48. The summed E-state index contributed by atoms with van der Waals surface area (Å²) in [7, 11) is 0. The molecule has 0 atom stereocenters. The van der Waals surface area contributed by atoms with E-state index in [0.29, 0.717) is 31.1 Å². The van der Waals surface area contributed by atoms with E-state index in [4.69, 9.17) is 21.1 Å². The number of para-hydroxylation sites is 1. The van der Waals surface area contributed by atoms with Gasteiger partial charge in [0.2, 0.25) is 0 Å². The maximum Gasteiger partial charge on any atom is 0.305 e. The molecule has 0 saturated carbocycles. The van der Waals surface area contributed by atoms with Crippen LogP contribution < -0.4 is 4.74 Å². The second kappa shape index (κ2) is 8.03. The van der Waals surface area contributed by atoms with Gasteiger partial charge >= 0.3 is 5.97 Å². The van der Waals surface area contributed by atoms with E-state index in [9.17, 15) is 4.79 Å². The van der Waals surface area contributed by atoms with Crippen LogP contribution in [0.3, 0.4) is 0 Å². The number of carbonyl (C=O) groups excluding carboxylic acids is 1. The Balaban J connectivity index is 1.60. The molecular formula is C19H19ClN2O3. The summed E-state index contributed by atoms with van der Waals surface area (Å²) in [6.45, 7) is 2.68. The van der Waals surface area contributed by atoms with Gasteiger partial charge in [-0.2, -0.15) is 0 Å². The van der Waals surface area contributed by atoms with Gasteiger partial charge in [-0.25, -0.2) is 4.98 Å². The first kappa shape index (κ1) is 17.3. The van der Waals surface area contributed by atoms with Crippen molar-refractivity contribution in [2.24, 2.45) is 0 Å². The summed E-state index contributed by atoms with van der Waals surface area (Å²) < 4.78 is 10.5. The minimum absolute atomic E-state index is 0.190. The van der Waals surface area contributed by atoms with Crippen molar-refractivity contribution in [2.45, 2.75) is 19.8 Å². The SMILES string of the molecule is CCOC(=O)CCCOc1ccc(-c2nc3c(Cl)cccc3[nH]2)cc1. The highest BCUT2D eigenvalue weighted by Crippen LogP contribution is 2.26. The molecule has 0 aliphatic carbocycles. The Hall–Kier alpha value is -2.53. The summed E-state index contributed by atoms with van der Waals surface area (Å²) in [5, 5.41) is 0.626. The summed E-state index contributed by atoms with van der Waals surface area (Å²) >= 11 is 6.16. The topological polar surface area (TPSA) is 64.2 Å².